The molecule has 0 aromatic heterocycles. The number of nitrogens with two attached hydrogens (primary N) is 1. The Morgan fingerprint density at radius 2 is 1.88 bits per heavy atom. The smallest absolute Gasteiger partial charge is 0.229 e. The molecule has 0 spiro atoms. The molecule has 1 aromatic rings. The van der Waals surface area contributed by atoms with Gasteiger partial charge < -0.3 is 5.73 Å². The van der Waals surface area contributed by atoms with Crippen LogP contribution in [0.2, 0.25) is 0 Å². The van der Waals surface area contributed by atoms with Crippen LogP contribution in [0.25, 0.3) is 0 Å². The zero-order valence-electron chi connectivity index (χ0n) is 8.79. The van der Waals surface area contributed by atoms with Gasteiger partial charge in [-0.2, -0.15) is 0 Å². The molecule has 1 atom stereocenters. The predicted molar refractivity (Wildman–Crippen MR) is 57.4 cm³/mol. The first-order valence-corrected chi connectivity index (χ1v) is 6.32. The molecule has 0 heterocycles. The monoisotopic (exact) mass is 250 g/mol. The summed E-state index contributed by atoms with van der Waals surface area (Å²) in [6.45, 7) is 1.50. The number of benzene rings is 1. The zero-order valence-corrected chi connectivity index (χ0v) is 9.61. The van der Waals surface area contributed by atoms with Crippen LogP contribution >= 0.6 is 0 Å². The summed E-state index contributed by atoms with van der Waals surface area (Å²) in [4.78, 5) is 0. The fraction of sp³-hybridized carbons (Fsp3) is 0.333. The van der Waals surface area contributed by atoms with E-state index in [0.29, 0.717) is 0 Å². The number of sulfonamides is 1. The van der Waals surface area contributed by atoms with Crippen molar-refractivity contribution in [3.63, 3.8) is 0 Å². The van der Waals surface area contributed by atoms with Gasteiger partial charge in [-0.15, -0.1) is 0 Å². The molecule has 4 nitrogen and oxygen atoms in total. The molecule has 0 fully saturated rings. The van der Waals surface area contributed by atoms with E-state index in [1.165, 1.54) is 6.92 Å². The van der Waals surface area contributed by atoms with Crippen molar-refractivity contribution < 1.29 is 17.2 Å². The van der Waals surface area contributed by atoms with E-state index in [-0.39, 0.29) is 5.56 Å². The van der Waals surface area contributed by atoms with Crippen LogP contribution in [0, 0.1) is 11.6 Å². The zero-order chi connectivity index (χ0) is 12.5. The van der Waals surface area contributed by atoms with Crippen molar-refractivity contribution in [1.82, 2.24) is 0 Å². The van der Waals surface area contributed by atoms with Gasteiger partial charge in [0.2, 0.25) is 10.0 Å². The van der Waals surface area contributed by atoms with Gasteiger partial charge in [0.25, 0.3) is 0 Å². The van der Waals surface area contributed by atoms with Gasteiger partial charge in [0.05, 0.1) is 11.9 Å². The third kappa shape index (κ3) is 3.14. The Labute approximate surface area is 92.5 Å². The SMILES string of the molecule is C[C@@H](N)c1cc(F)c(NS(C)(=O)=O)cc1F. The predicted octanol–water partition coefficient (Wildman–Crippen LogP) is 1.36. The Hall–Kier alpha value is -1.21. The average Bonchev–Trinajstić information content (AvgIpc) is 2.07. The van der Waals surface area contributed by atoms with Crippen molar-refractivity contribution in [2.75, 3.05) is 11.0 Å². The molecule has 90 valence electrons. The normalized spacial score (nSPS) is 13.6. The van der Waals surface area contributed by atoms with Crippen LogP contribution in [-0.2, 0) is 10.0 Å². The standard InChI is InChI=1S/C9H12F2N2O2S/c1-5(12)6-3-8(11)9(4-7(6)10)13-16(2,14)15/h3-5,13H,12H2,1-2H3/t5-/m1/s1. The molecule has 0 aliphatic rings. The van der Waals surface area contributed by atoms with Gasteiger partial charge >= 0.3 is 0 Å². The molecule has 16 heavy (non-hydrogen) atoms. The first kappa shape index (κ1) is 12.9. The molecule has 0 amide bonds. The summed E-state index contributed by atoms with van der Waals surface area (Å²) in [6.07, 6.45) is 0.851. The van der Waals surface area contributed by atoms with Crippen LogP contribution < -0.4 is 10.5 Å². The van der Waals surface area contributed by atoms with Crippen molar-refractivity contribution in [2.45, 2.75) is 13.0 Å². The second kappa shape index (κ2) is 4.34. The highest BCUT2D eigenvalue weighted by Crippen LogP contribution is 2.23. The van der Waals surface area contributed by atoms with Crippen molar-refractivity contribution in [3.8, 4) is 0 Å². The minimum absolute atomic E-state index is 0.00319. The van der Waals surface area contributed by atoms with E-state index in [9.17, 15) is 17.2 Å². The van der Waals surface area contributed by atoms with Gasteiger partial charge in [-0.3, -0.25) is 4.72 Å². The Bertz CT molecular complexity index is 500. The maximum Gasteiger partial charge on any atom is 0.229 e. The maximum atomic E-state index is 13.4. The summed E-state index contributed by atoms with van der Waals surface area (Å²) in [5.41, 5.74) is 4.99. The highest BCUT2D eigenvalue weighted by molar-refractivity contribution is 7.92. The minimum atomic E-state index is -3.64. The molecular formula is C9H12F2N2O2S. The van der Waals surface area contributed by atoms with Crippen molar-refractivity contribution >= 4 is 15.7 Å². The van der Waals surface area contributed by atoms with E-state index in [4.69, 9.17) is 5.73 Å². The van der Waals surface area contributed by atoms with Crippen molar-refractivity contribution in [1.29, 1.82) is 0 Å². The molecule has 0 unspecified atom stereocenters. The molecule has 0 saturated carbocycles. The Kier molecular flexibility index (Phi) is 3.49. The topological polar surface area (TPSA) is 72.2 Å². The lowest BCUT2D eigenvalue weighted by Gasteiger charge is -2.11. The second-order valence-corrected chi connectivity index (χ2v) is 5.26. The fourth-order valence-electron chi connectivity index (χ4n) is 1.19. The van der Waals surface area contributed by atoms with Crippen LogP contribution in [0.15, 0.2) is 12.1 Å². The molecular weight excluding hydrogens is 238 g/mol. The number of nitrogens with one attached hydrogen (secondary N) is 1. The second-order valence-electron chi connectivity index (χ2n) is 3.52. The summed E-state index contributed by atoms with van der Waals surface area (Å²) in [6, 6.07) is 0.990. The number of halogens is 2. The largest absolute Gasteiger partial charge is 0.324 e. The molecule has 1 aromatic carbocycles. The summed E-state index contributed by atoms with van der Waals surface area (Å²) in [7, 11) is -3.64. The van der Waals surface area contributed by atoms with Crippen LogP contribution in [0.5, 0.6) is 0 Å². The van der Waals surface area contributed by atoms with Gasteiger partial charge in [0.1, 0.15) is 11.6 Å². The van der Waals surface area contributed by atoms with E-state index in [2.05, 4.69) is 0 Å². The minimum Gasteiger partial charge on any atom is -0.324 e. The Morgan fingerprint density at radius 1 is 1.31 bits per heavy atom. The number of hydrogen-bond donors (Lipinski definition) is 2. The average molecular weight is 250 g/mol. The molecule has 3 N–H and O–H groups in total. The van der Waals surface area contributed by atoms with Crippen LogP contribution in [0.1, 0.15) is 18.5 Å². The molecule has 0 radical (unpaired) electrons. The number of anilines is 1. The lowest BCUT2D eigenvalue weighted by Crippen LogP contribution is -2.13. The Morgan fingerprint density at radius 3 is 2.31 bits per heavy atom. The van der Waals surface area contributed by atoms with Crippen molar-refractivity contribution in [3.05, 3.63) is 29.3 Å². The third-order valence-corrected chi connectivity index (χ3v) is 2.46. The number of hydrogen-bond acceptors (Lipinski definition) is 3. The maximum absolute atomic E-state index is 13.4. The van der Waals surface area contributed by atoms with Gasteiger partial charge in [0, 0.05) is 17.7 Å². The molecule has 7 heteroatoms. The summed E-state index contributed by atoms with van der Waals surface area (Å²) >= 11 is 0. The van der Waals surface area contributed by atoms with E-state index in [1.807, 2.05) is 4.72 Å². The van der Waals surface area contributed by atoms with E-state index < -0.39 is 33.4 Å². The van der Waals surface area contributed by atoms with Crippen LogP contribution in [0.4, 0.5) is 14.5 Å². The van der Waals surface area contributed by atoms with Gasteiger partial charge in [0.15, 0.2) is 0 Å². The molecule has 0 aliphatic carbocycles. The highest BCUT2D eigenvalue weighted by atomic mass is 32.2. The highest BCUT2D eigenvalue weighted by Gasteiger charge is 2.14. The quantitative estimate of drug-likeness (QED) is 0.850. The summed E-state index contributed by atoms with van der Waals surface area (Å²) in [5.74, 6) is -1.61. The Balaban J connectivity index is 3.21. The fourth-order valence-corrected chi connectivity index (χ4v) is 1.75. The summed E-state index contributed by atoms with van der Waals surface area (Å²) < 4.78 is 50.3. The van der Waals surface area contributed by atoms with Crippen LogP contribution in [-0.4, -0.2) is 14.7 Å². The molecule has 0 bridgehead atoms. The molecule has 0 saturated heterocycles. The molecule has 1 rings (SSSR count). The third-order valence-electron chi connectivity index (χ3n) is 1.87. The van der Waals surface area contributed by atoms with Gasteiger partial charge in [-0.25, -0.2) is 17.2 Å². The lowest BCUT2D eigenvalue weighted by atomic mass is 10.1. The summed E-state index contributed by atoms with van der Waals surface area (Å²) in [5, 5.41) is 0. The molecule has 0 aliphatic heterocycles. The lowest BCUT2D eigenvalue weighted by molar-refractivity contribution is 0.573. The first-order valence-electron chi connectivity index (χ1n) is 4.43. The van der Waals surface area contributed by atoms with Gasteiger partial charge in [-0.1, -0.05) is 0 Å². The number of rotatable bonds is 3. The van der Waals surface area contributed by atoms with Gasteiger partial charge in [-0.05, 0) is 13.0 Å². The van der Waals surface area contributed by atoms with E-state index in [1.54, 1.807) is 0 Å². The van der Waals surface area contributed by atoms with E-state index in [0.717, 1.165) is 18.4 Å². The van der Waals surface area contributed by atoms with Crippen molar-refractivity contribution in [2.24, 2.45) is 5.73 Å². The van der Waals surface area contributed by atoms with E-state index >= 15 is 0 Å². The first-order chi connectivity index (χ1) is 7.20. The van der Waals surface area contributed by atoms with Crippen LogP contribution in [0.3, 0.4) is 0 Å².